The van der Waals surface area contributed by atoms with Gasteiger partial charge in [-0.25, -0.2) is 0 Å². The molecule has 0 radical (unpaired) electrons. The zero-order valence-corrected chi connectivity index (χ0v) is 6.61. The first-order valence-corrected chi connectivity index (χ1v) is 3.68. The first-order chi connectivity index (χ1) is 4.43. The Morgan fingerprint density at radius 1 is 1.44 bits per heavy atom. The van der Waals surface area contributed by atoms with E-state index >= 15 is 0 Å². The Balaban J connectivity index is 0.000000291. The number of hydrogen-bond acceptors (Lipinski definition) is 2. The van der Waals surface area contributed by atoms with Gasteiger partial charge >= 0.3 is 0 Å². The lowest BCUT2D eigenvalue weighted by Gasteiger charge is -2.01. The lowest BCUT2D eigenvalue weighted by molar-refractivity contribution is 0.191. The molecule has 0 aromatic carbocycles. The van der Waals surface area contributed by atoms with Gasteiger partial charge in [-0.1, -0.05) is 13.8 Å². The van der Waals surface area contributed by atoms with Crippen molar-refractivity contribution in [1.29, 1.82) is 0 Å². The third-order valence-corrected chi connectivity index (χ3v) is 1.34. The van der Waals surface area contributed by atoms with E-state index < -0.39 is 0 Å². The highest BCUT2D eigenvalue weighted by atomic mass is 16.5. The monoisotopic (exact) mass is 131 g/mol. The van der Waals surface area contributed by atoms with Crippen LogP contribution in [0.1, 0.15) is 20.3 Å². The Kier molecular flexibility index (Phi) is 5.99. The summed E-state index contributed by atoms with van der Waals surface area (Å²) >= 11 is 0. The maximum atomic E-state index is 5.09. The van der Waals surface area contributed by atoms with Gasteiger partial charge in [0.1, 0.15) is 0 Å². The normalized spacial score (nSPS) is 25.0. The Morgan fingerprint density at radius 3 is 2.33 bits per heavy atom. The zero-order valence-electron chi connectivity index (χ0n) is 6.61. The summed E-state index contributed by atoms with van der Waals surface area (Å²) in [6.45, 7) is 5.84. The topological polar surface area (TPSA) is 21.3 Å². The molecule has 1 rings (SSSR count). The summed E-state index contributed by atoms with van der Waals surface area (Å²) < 4.78 is 5.09. The van der Waals surface area contributed by atoms with Gasteiger partial charge in [-0.05, 0) is 13.5 Å². The van der Waals surface area contributed by atoms with E-state index in [1.807, 2.05) is 20.9 Å². The van der Waals surface area contributed by atoms with Crippen molar-refractivity contribution in [3.63, 3.8) is 0 Å². The van der Waals surface area contributed by atoms with Crippen LogP contribution in [-0.4, -0.2) is 26.3 Å². The van der Waals surface area contributed by atoms with E-state index in [0.29, 0.717) is 6.04 Å². The molecular weight excluding hydrogens is 114 g/mol. The quantitative estimate of drug-likeness (QED) is 0.573. The van der Waals surface area contributed by atoms with E-state index in [9.17, 15) is 0 Å². The van der Waals surface area contributed by atoms with Crippen LogP contribution in [0.3, 0.4) is 0 Å². The van der Waals surface area contributed by atoms with Crippen LogP contribution >= 0.6 is 0 Å². The number of hydrogen-bond donors (Lipinski definition) is 1. The standard InChI is InChI=1S/C5H11NO.C2H6/c1-6-5-2-3-7-4-5;1-2/h5-6H,2-4H2,1H3;1-2H3. The molecule has 2 heteroatoms. The number of likely N-dealkylation sites (N-methyl/N-ethyl adjacent to an activating group) is 1. The molecule has 1 atom stereocenters. The molecule has 1 aliphatic rings. The van der Waals surface area contributed by atoms with Crippen LogP contribution in [0, 0.1) is 0 Å². The first-order valence-electron chi connectivity index (χ1n) is 3.68. The van der Waals surface area contributed by atoms with E-state index in [0.717, 1.165) is 13.2 Å². The molecule has 1 N–H and O–H groups in total. The van der Waals surface area contributed by atoms with Gasteiger partial charge < -0.3 is 10.1 Å². The van der Waals surface area contributed by atoms with Crippen LogP contribution < -0.4 is 5.32 Å². The predicted octanol–water partition coefficient (Wildman–Crippen LogP) is 1.02. The van der Waals surface area contributed by atoms with Crippen LogP contribution in [0.15, 0.2) is 0 Å². The third kappa shape index (κ3) is 3.49. The van der Waals surface area contributed by atoms with Gasteiger partial charge in [0.05, 0.1) is 6.61 Å². The molecule has 2 nitrogen and oxygen atoms in total. The average molecular weight is 131 g/mol. The van der Waals surface area contributed by atoms with Crippen LogP contribution in [-0.2, 0) is 4.74 Å². The van der Waals surface area contributed by atoms with Crippen molar-refractivity contribution < 1.29 is 4.74 Å². The maximum Gasteiger partial charge on any atom is 0.0620 e. The Morgan fingerprint density at radius 2 is 2.11 bits per heavy atom. The van der Waals surface area contributed by atoms with Gasteiger partial charge in [0.2, 0.25) is 0 Å². The lowest BCUT2D eigenvalue weighted by Crippen LogP contribution is -2.24. The van der Waals surface area contributed by atoms with Crippen molar-refractivity contribution in [3.8, 4) is 0 Å². The van der Waals surface area contributed by atoms with Gasteiger partial charge in [-0.15, -0.1) is 0 Å². The largest absolute Gasteiger partial charge is 0.380 e. The minimum absolute atomic E-state index is 0.625. The van der Waals surface area contributed by atoms with Crippen LogP contribution in [0.2, 0.25) is 0 Å². The van der Waals surface area contributed by atoms with Gasteiger partial charge in [-0.3, -0.25) is 0 Å². The fourth-order valence-electron chi connectivity index (χ4n) is 0.762. The van der Waals surface area contributed by atoms with E-state index in [2.05, 4.69) is 5.32 Å². The summed E-state index contributed by atoms with van der Waals surface area (Å²) in [4.78, 5) is 0. The molecule has 1 saturated heterocycles. The molecule has 0 aromatic rings. The van der Waals surface area contributed by atoms with E-state index in [-0.39, 0.29) is 0 Å². The van der Waals surface area contributed by atoms with Gasteiger partial charge in [0.25, 0.3) is 0 Å². The summed E-state index contributed by atoms with van der Waals surface area (Å²) in [6.07, 6.45) is 1.18. The summed E-state index contributed by atoms with van der Waals surface area (Å²) in [7, 11) is 1.97. The van der Waals surface area contributed by atoms with Crippen LogP contribution in [0.4, 0.5) is 0 Å². The van der Waals surface area contributed by atoms with Crippen molar-refractivity contribution in [2.45, 2.75) is 26.3 Å². The molecular formula is C7H17NO. The second-order valence-electron chi connectivity index (χ2n) is 1.85. The van der Waals surface area contributed by atoms with Crippen LogP contribution in [0.5, 0.6) is 0 Å². The summed E-state index contributed by atoms with van der Waals surface area (Å²) in [5.74, 6) is 0. The van der Waals surface area contributed by atoms with Crippen molar-refractivity contribution in [1.82, 2.24) is 5.32 Å². The van der Waals surface area contributed by atoms with E-state index in [1.165, 1.54) is 6.42 Å². The van der Waals surface area contributed by atoms with Gasteiger partial charge in [0.15, 0.2) is 0 Å². The van der Waals surface area contributed by atoms with Gasteiger partial charge in [-0.2, -0.15) is 0 Å². The highest BCUT2D eigenvalue weighted by Crippen LogP contribution is 2.00. The molecule has 1 fully saturated rings. The average Bonchev–Trinajstić information content (AvgIpc) is 2.43. The zero-order chi connectivity index (χ0) is 7.11. The van der Waals surface area contributed by atoms with Crippen molar-refractivity contribution >= 4 is 0 Å². The van der Waals surface area contributed by atoms with Crippen molar-refractivity contribution in [2.75, 3.05) is 20.3 Å². The van der Waals surface area contributed by atoms with Gasteiger partial charge in [0, 0.05) is 12.6 Å². The smallest absolute Gasteiger partial charge is 0.0620 e. The first kappa shape index (κ1) is 8.92. The molecule has 0 aromatic heterocycles. The number of rotatable bonds is 1. The molecule has 0 amide bonds. The molecule has 1 aliphatic heterocycles. The summed E-state index contributed by atoms with van der Waals surface area (Å²) in [5.41, 5.74) is 0. The van der Waals surface area contributed by atoms with Crippen molar-refractivity contribution in [2.24, 2.45) is 0 Å². The highest BCUT2D eigenvalue weighted by Gasteiger charge is 2.11. The molecule has 0 aliphatic carbocycles. The molecule has 56 valence electrons. The summed E-state index contributed by atoms with van der Waals surface area (Å²) in [6, 6.07) is 0.625. The fourth-order valence-corrected chi connectivity index (χ4v) is 0.762. The van der Waals surface area contributed by atoms with Crippen LogP contribution in [0.25, 0.3) is 0 Å². The second kappa shape index (κ2) is 6.05. The SMILES string of the molecule is CC.CNC1CCOC1. The highest BCUT2D eigenvalue weighted by molar-refractivity contribution is 4.67. The summed E-state index contributed by atoms with van der Waals surface area (Å²) in [5, 5.41) is 3.14. The minimum atomic E-state index is 0.625. The second-order valence-corrected chi connectivity index (χ2v) is 1.85. The lowest BCUT2D eigenvalue weighted by atomic mass is 10.3. The predicted molar refractivity (Wildman–Crippen MR) is 39.6 cm³/mol. The molecule has 0 spiro atoms. The fraction of sp³-hybridized carbons (Fsp3) is 1.00. The molecule has 1 heterocycles. The maximum absolute atomic E-state index is 5.09. The Labute approximate surface area is 57.6 Å². The number of ether oxygens (including phenoxy) is 1. The Hall–Kier alpha value is -0.0800. The van der Waals surface area contributed by atoms with Crippen molar-refractivity contribution in [3.05, 3.63) is 0 Å². The molecule has 9 heavy (non-hydrogen) atoms. The van der Waals surface area contributed by atoms with E-state index in [4.69, 9.17) is 4.74 Å². The Bertz CT molecular complexity index is 50.9. The molecule has 1 unspecified atom stereocenters. The third-order valence-electron chi connectivity index (χ3n) is 1.34. The molecule has 0 bridgehead atoms. The molecule has 0 saturated carbocycles. The van der Waals surface area contributed by atoms with E-state index in [1.54, 1.807) is 0 Å². The number of nitrogens with one attached hydrogen (secondary N) is 1. The minimum Gasteiger partial charge on any atom is -0.380 e.